The Morgan fingerprint density at radius 1 is 0.800 bits per heavy atom. The SMILES string of the molecule is CN(C(=O)OC1c2ccccc2-c2ccccc21)c1ccccc1NC(=O)c1ccc(CN2CC3(C2)CN(CC2CC2)C3)cc1. The first kappa shape index (κ1) is 28.0. The van der Waals surface area contributed by atoms with Crippen LogP contribution in [0.5, 0.6) is 0 Å². The Kier molecular flexibility index (Phi) is 6.96. The molecule has 4 aromatic rings. The van der Waals surface area contributed by atoms with Crippen molar-refractivity contribution in [3.8, 4) is 11.1 Å². The van der Waals surface area contributed by atoms with Gasteiger partial charge < -0.3 is 15.0 Å². The van der Waals surface area contributed by atoms with Crippen molar-refractivity contribution in [3.05, 3.63) is 119 Å². The number of benzene rings is 4. The molecular formula is C38H38N4O3. The van der Waals surface area contributed by atoms with E-state index in [0.29, 0.717) is 22.4 Å². The molecule has 3 fully saturated rings. The van der Waals surface area contributed by atoms with Crippen LogP contribution in [0.25, 0.3) is 11.1 Å². The van der Waals surface area contributed by atoms with Crippen LogP contribution in [0.3, 0.4) is 0 Å². The average molecular weight is 599 g/mol. The van der Waals surface area contributed by atoms with Gasteiger partial charge in [-0.3, -0.25) is 14.6 Å². The van der Waals surface area contributed by atoms with Gasteiger partial charge in [-0.1, -0.05) is 72.8 Å². The van der Waals surface area contributed by atoms with Gasteiger partial charge in [0.2, 0.25) is 0 Å². The van der Waals surface area contributed by atoms with Gasteiger partial charge in [0.1, 0.15) is 0 Å². The highest BCUT2D eigenvalue weighted by atomic mass is 16.6. The monoisotopic (exact) mass is 598 g/mol. The van der Waals surface area contributed by atoms with E-state index in [0.717, 1.165) is 34.7 Å². The fourth-order valence-corrected chi connectivity index (χ4v) is 7.51. The average Bonchev–Trinajstić information content (AvgIpc) is 3.80. The second-order valence-electron chi connectivity index (χ2n) is 13.4. The number of likely N-dealkylation sites (tertiary alicyclic amines) is 2. The molecule has 45 heavy (non-hydrogen) atoms. The minimum absolute atomic E-state index is 0.220. The van der Waals surface area contributed by atoms with Crippen LogP contribution >= 0.6 is 0 Å². The third-order valence-electron chi connectivity index (χ3n) is 9.85. The summed E-state index contributed by atoms with van der Waals surface area (Å²) in [5.74, 6) is 0.752. The van der Waals surface area contributed by atoms with Gasteiger partial charge in [0.15, 0.2) is 6.10 Å². The Hall–Kier alpha value is -4.46. The van der Waals surface area contributed by atoms with Crippen molar-refractivity contribution < 1.29 is 14.3 Å². The van der Waals surface area contributed by atoms with E-state index < -0.39 is 12.2 Å². The molecule has 2 heterocycles. The Balaban J connectivity index is 0.890. The first-order valence-electron chi connectivity index (χ1n) is 16.0. The predicted molar refractivity (Wildman–Crippen MR) is 176 cm³/mol. The van der Waals surface area contributed by atoms with Gasteiger partial charge in [-0.05, 0) is 59.7 Å². The van der Waals surface area contributed by atoms with E-state index in [1.54, 1.807) is 13.1 Å². The zero-order valence-corrected chi connectivity index (χ0v) is 25.6. The molecule has 228 valence electrons. The van der Waals surface area contributed by atoms with Crippen molar-refractivity contribution in [2.75, 3.05) is 50.0 Å². The van der Waals surface area contributed by atoms with Crippen LogP contribution in [0.1, 0.15) is 46.0 Å². The molecule has 0 bridgehead atoms. The highest BCUT2D eigenvalue weighted by Gasteiger charge is 2.51. The standard InChI is InChI=1S/C38H38N4O3/c1-40(37(44)45-35-31-10-4-2-8-29(31)30-9-3-5-11-32(30)35)34-13-7-6-12-33(34)39-36(43)28-18-16-27(17-19-28)21-42-24-38(25-42)22-41(23-38)20-26-14-15-26/h2-13,16-19,26,35H,14-15,20-25H2,1H3,(H,39,43). The zero-order chi connectivity index (χ0) is 30.5. The van der Waals surface area contributed by atoms with Crippen molar-refractivity contribution in [2.45, 2.75) is 25.5 Å². The zero-order valence-electron chi connectivity index (χ0n) is 25.6. The number of para-hydroxylation sites is 2. The summed E-state index contributed by atoms with van der Waals surface area (Å²) in [6.07, 6.45) is 1.86. The van der Waals surface area contributed by atoms with Gasteiger partial charge in [0, 0.05) is 68.4 Å². The Labute approximate surface area is 264 Å². The molecule has 0 aromatic heterocycles. The number of carbonyl (C=O) groups excluding carboxylic acids is 2. The molecule has 2 saturated heterocycles. The normalized spacial score (nSPS) is 18.4. The number of nitrogens with one attached hydrogen (secondary N) is 1. The van der Waals surface area contributed by atoms with E-state index in [9.17, 15) is 9.59 Å². The minimum atomic E-state index is -0.497. The fraction of sp³-hybridized carbons (Fsp3) is 0.316. The van der Waals surface area contributed by atoms with Crippen LogP contribution in [0, 0.1) is 11.3 Å². The number of anilines is 2. The summed E-state index contributed by atoms with van der Waals surface area (Å²) in [6.45, 7) is 7.08. The van der Waals surface area contributed by atoms with Gasteiger partial charge in [-0.25, -0.2) is 4.79 Å². The van der Waals surface area contributed by atoms with E-state index in [1.165, 1.54) is 56.0 Å². The van der Waals surface area contributed by atoms with Gasteiger partial charge in [0.25, 0.3) is 5.91 Å². The minimum Gasteiger partial charge on any atom is -0.436 e. The third kappa shape index (κ3) is 5.40. The number of carbonyl (C=O) groups is 2. The first-order valence-corrected chi connectivity index (χ1v) is 16.0. The highest BCUT2D eigenvalue weighted by Crippen LogP contribution is 2.46. The summed E-state index contributed by atoms with van der Waals surface area (Å²) >= 11 is 0. The van der Waals surface area contributed by atoms with Crippen molar-refractivity contribution in [3.63, 3.8) is 0 Å². The van der Waals surface area contributed by atoms with Crippen molar-refractivity contribution in [1.82, 2.24) is 9.80 Å². The third-order valence-corrected chi connectivity index (χ3v) is 9.85. The molecule has 0 unspecified atom stereocenters. The summed E-state index contributed by atoms with van der Waals surface area (Å²) in [6, 6.07) is 31.2. The molecule has 1 N–H and O–H groups in total. The molecule has 8 rings (SSSR count). The molecule has 4 aromatic carbocycles. The molecule has 2 aliphatic carbocycles. The van der Waals surface area contributed by atoms with E-state index in [-0.39, 0.29) is 5.91 Å². The van der Waals surface area contributed by atoms with Crippen molar-refractivity contribution in [2.24, 2.45) is 11.3 Å². The number of rotatable bonds is 8. The van der Waals surface area contributed by atoms with E-state index in [1.807, 2.05) is 78.9 Å². The molecule has 1 saturated carbocycles. The smallest absolute Gasteiger partial charge is 0.415 e. The molecular weight excluding hydrogens is 560 g/mol. The second-order valence-corrected chi connectivity index (χ2v) is 13.4. The number of hydrogen-bond acceptors (Lipinski definition) is 5. The van der Waals surface area contributed by atoms with Crippen molar-refractivity contribution in [1.29, 1.82) is 0 Å². The largest absolute Gasteiger partial charge is 0.436 e. The summed E-state index contributed by atoms with van der Waals surface area (Å²) in [5, 5.41) is 3.01. The van der Waals surface area contributed by atoms with Crippen LogP contribution in [0.15, 0.2) is 97.1 Å². The van der Waals surface area contributed by atoms with Crippen LogP contribution in [0.4, 0.5) is 16.2 Å². The van der Waals surface area contributed by atoms with E-state index >= 15 is 0 Å². The molecule has 2 amide bonds. The Morgan fingerprint density at radius 2 is 1.40 bits per heavy atom. The van der Waals surface area contributed by atoms with Crippen LogP contribution in [-0.2, 0) is 11.3 Å². The number of fused-ring (bicyclic) bond motifs is 3. The summed E-state index contributed by atoms with van der Waals surface area (Å²) in [7, 11) is 1.67. The lowest BCUT2D eigenvalue weighted by atomic mass is 9.72. The maximum Gasteiger partial charge on any atom is 0.415 e. The summed E-state index contributed by atoms with van der Waals surface area (Å²) < 4.78 is 6.10. The number of hydrogen-bond donors (Lipinski definition) is 1. The number of ether oxygens (including phenoxy) is 1. The second kappa shape index (κ2) is 11.2. The van der Waals surface area contributed by atoms with Gasteiger partial charge >= 0.3 is 6.09 Å². The Bertz CT molecular complexity index is 1710. The quantitative estimate of drug-likeness (QED) is 0.242. The van der Waals surface area contributed by atoms with Crippen LogP contribution in [-0.4, -0.2) is 61.6 Å². The molecule has 0 radical (unpaired) electrons. The lowest BCUT2D eigenvalue weighted by Gasteiger charge is -2.60. The first-order chi connectivity index (χ1) is 21.9. The number of nitrogens with zero attached hydrogens (tertiary/aromatic N) is 3. The molecule has 2 aliphatic heterocycles. The molecule has 7 heteroatoms. The maximum absolute atomic E-state index is 13.5. The summed E-state index contributed by atoms with van der Waals surface area (Å²) in [5.41, 5.74) is 7.51. The fourth-order valence-electron chi connectivity index (χ4n) is 7.51. The predicted octanol–water partition coefficient (Wildman–Crippen LogP) is 6.81. The topological polar surface area (TPSA) is 65.1 Å². The van der Waals surface area contributed by atoms with E-state index in [2.05, 4.69) is 27.2 Å². The lowest BCUT2D eigenvalue weighted by molar-refractivity contribution is -0.119. The number of amides is 2. The Morgan fingerprint density at radius 3 is 2.07 bits per heavy atom. The van der Waals surface area contributed by atoms with Gasteiger partial charge in [-0.2, -0.15) is 0 Å². The van der Waals surface area contributed by atoms with Gasteiger partial charge in [-0.15, -0.1) is 0 Å². The summed E-state index contributed by atoms with van der Waals surface area (Å²) in [4.78, 5) is 33.4. The molecule has 7 nitrogen and oxygen atoms in total. The maximum atomic E-state index is 13.5. The van der Waals surface area contributed by atoms with Crippen LogP contribution < -0.4 is 10.2 Å². The molecule has 1 spiro atoms. The molecule has 0 atom stereocenters. The molecule has 4 aliphatic rings. The van der Waals surface area contributed by atoms with E-state index in [4.69, 9.17) is 4.74 Å². The van der Waals surface area contributed by atoms with Gasteiger partial charge in [0.05, 0.1) is 11.4 Å². The highest BCUT2D eigenvalue weighted by molar-refractivity contribution is 6.07. The lowest BCUT2D eigenvalue weighted by Crippen LogP contribution is -2.71. The van der Waals surface area contributed by atoms with Crippen molar-refractivity contribution >= 4 is 23.4 Å². The van der Waals surface area contributed by atoms with Crippen LogP contribution in [0.2, 0.25) is 0 Å².